The lowest BCUT2D eigenvalue weighted by atomic mass is 10.0. The highest BCUT2D eigenvalue weighted by Gasteiger charge is 2.18. The van der Waals surface area contributed by atoms with Gasteiger partial charge in [-0.25, -0.2) is 0 Å². The van der Waals surface area contributed by atoms with E-state index in [0.717, 1.165) is 27.2 Å². The maximum atomic E-state index is 11.0. The predicted molar refractivity (Wildman–Crippen MR) is 113 cm³/mol. The molecule has 0 amide bonds. The first kappa shape index (κ1) is 17.7. The minimum atomic E-state index is -0.745. The summed E-state index contributed by atoms with van der Waals surface area (Å²) in [6, 6.07) is 29.8. The van der Waals surface area contributed by atoms with E-state index in [4.69, 9.17) is 4.74 Å². The summed E-state index contributed by atoms with van der Waals surface area (Å²) in [6.07, 6.45) is 1.27. The number of aliphatic hydroxyl groups excluding tert-OH is 1. The van der Waals surface area contributed by atoms with E-state index in [0.29, 0.717) is 5.75 Å². The van der Waals surface area contributed by atoms with E-state index < -0.39 is 6.10 Å². The SMILES string of the molecule is CSc1ccccc1C(O)c1ccccc1Oc1ccc2ccccc2c1. The van der Waals surface area contributed by atoms with Gasteiger partial charge in [0.2, 0.25) is 0 Å². The summed E-state index contributed by atoms with van der Waals surface area (Å²) in [7, 11) is 0. The molecule has 0 heterocycles. The third-order valence-corrected chi connectivity index (χ3v) is 5.41. The predicted octanol–water partition coefficient (Wildman–Crippen LogP) is 6.44. The van der Waals surface area contributed by atoms with Crippen molar-refractivity contribution in [3.63, 3.8) is 0 Å². The Morgan fingerprint density at radius 1 is 0.741 bits per heavy atom. The van der Waals surface area contributed by atoms with Crippen LogP contribution in [0.15, 0.2) is 95.9 Å². The lowest BCUT2D eigenvalue weighted by Crippen LogP contribution is -2.03. The van der Waals surface area contributed by atoms with Crippen molar-refractivity contribution < 1.29 is 9.84 Å². The Balaban J connectivity index is 1.70. The molecule has 1 unspecified atom stereocenters. The van der Waals surface area contributed by atoms with Crippen LogP contribution in [-0.4, -0.2) is 11.4 Å². The molecule has 0 saturated heterocycles. The van der Waals surface area contributed by atoms with Gasteiger partial charge in [-0.1, -0.05) is 66.7 Å². The molecule has 0 aliphatic rings. The number of aliphatic hydroxyl groups is 1. The molecule has 0 aliphatic heterocycles. The summed E-state index contributed by atoms with van der Waals surface area (Å²) >= 11 is 1.63. The average molecular weight is 372 g/mol. The molecule has 4 aromatic rings. The Labute approximate surface area is 163 Å². The van der Waals surface area contributed by atoms with Gasteiger partial charge in [0.25, 0.3) is 0 Å². The molecular weight excluding hydrogens is 352 g/mol. The van der Waals surface area contributed by atoms with Gasteiger partial charge in [0.05, 0.1) is 0 Å². The molecule has 0 aromatic heterocycles. The number of fused-ring (bicyclic) bond motifs is 1. The zero-order chi connectivity index (χ0) is 18.6. The van der Waals surface area contributed by atoms with E-state index in [2.05, 4.69) is 12.1 Å². The molecule has 1 N–H and O–H groups in total. The number of hydrogen-bond acceptors (Lipinski definition) is 3. The van der Waals surface area contributed by atoms with E-state index in [9.17, 15) is 5.11 Å². The van der Waals surface area contributed by atoms with Crippen LogP contribution in [0.1, 0.15) is 17.2 Å². The van der Waals surface area contributed by atoms with Crippen molar-refractivity contribution in [1.82, 2.24) is 0 Å². The topological polar surface area (TPSA) is 29.5 Å². The van der Waals surface area contributed by atoms with Gasteiger partial charge in [-0.2, -0.15) is 0 Å². The molecule has 0 saturated carbocycles. The summed E-state index contributed by atoms with van der Waals surface area (Å²) in [5, 5.41) is 13.3. The summed E-state index contributed by atoms with van der Waals surface area (Å²) < 4.78 is 6.17. The van der Waals surface area contributed by atoms with Crippen molar-refractivity contribution in [1.29, 1.82) is 0 Å². The summed E-state index contributed by atoms with van der Waals surface area (Å²) in [5.74, 6) is 1.42. The van der Waals surface area contributed by atoms with Crippen LogP contribution in [0.3, 0.4) is 0 Å². The summed E-state index contributed by atoms with van der Waals surface area (Å²) in [5.41, 5.74) is 1.65. The van der Waals surface area contributed by atoms with E-state index >= 15 is 0 Å². The van der Waals surface area contributed by atoms with Crippen molar-refractivity contribution in [3.8, 4) is 11.5 Å². The second-order valence-corrected chi connectivity index (χ2v) is 7.14. The number of hydrogen-bond donors (Lipinski definition) is 1. The highest BCUT2D eigenvalue weighted by Crippen LogP contribution is 2.36. The van der Waals surface area contributed by atoms with Gasteiger partial charge < -0.3 is 9.84 Å². The lowest BCUT2D eigenvalue weighted by Gasteiger charge is -2.18. The van der Waals surface area contributed by atoms with Gasteiger partial charge in [-0.3, -0.25) is 0 Å². The quantitative estimate of drug-likeness (QED) is 0.409. The Bertz CT molecular complexity index is 1070. The summed E-state index contributed by atoms with van der Waals surface area (Å²) in [6.45, 7) is 0. The number of rotatable bonds is 5. The lowest BCUT2D eigenvalue weighted by molar-refractivity contribution is 0.213. The number of para-hydroxylation sites is 1. The molecule has 27 heavy (non-hydrogen) atoms. The molecule has 0 fully saturated rings. The van der Waals surface area contributed by atoms with Gasteiger partial charge in [-0.15, -0.1) is 11.8 Å². The van der Waals surface area contributed by atoms with Crippen molar-refractivity contribution in [2.75, 3.05) is 6.26 Å². The van der Waals surface area contributed by atoms with Gasteiger partial charge in [-0.05, 0) is 46.9 Å². The van der Waals surface area contributed by atoms with Crippen LogP contribution >= 0.6 is 11.8 Å². The van der Waals surface area contributed by atoms with Crippen LogP contribution in [0.4, 0.5) is 0 Å². The zero-order valence-electron chi connectivity index (χ0n) is 15.0. The van der Waals surface area contributed by atoms with E-state index in [1.807, 2.05) is 85.1 Å². The Hall–Kier alpha value is -2.75. The number of thioether (sulfide) groups is 1. The second-order valence-electron chi connectivity index (χ2n) is 6.29. The van der Waals surface area contributed by atoms with Crippen LogP contribution in [-0.2, 0) is 0 Å². The second kappa shape index (κ2) is 7.87. The van der Waals surface area contributed by atoms with Crippen molar-refractivity contribution in [2.45, 2.75) is 11.0 Å². The van der Waals surface area contributed by atoms with E-state index in [1.54, 1.807) is 11.8 Å². The van der Waals surface area contributed by atoms with Gasteiger partial charge in [0, 0.05) is 10.5 Å². The first-order valence-electron chi connectivity index (χ1n) is 8.83. The van der Waals surface area contributed by atoms with Crippen LogP contribution in [0, 0.1) is 0 Å². The molecule has 0 bridgehead atoms. The molecule has 1 atom stereocenters. The number of ether oxygens (including phenoxy) is 1. The van der Waals surface area contributed by atoms with Gasteiger partial charge in [0.1, 0.15) is 17.6 Å². The Morgan fingerprint density at radius 3 is 2.22 bits per heavy atom. The maximum absolute atomic E-state index is 11.0. The molecule has 2 nitrogen and oxygen atoms in total. The molecule has 0 spiro atoms. The Kier molecular flexibility index (Phi) is 5.14. The monoisotopic (exact) mass is 372 g/mol. The highest BCUT2D eigenvalue weighted by molar-refractivity contribution is 7.98. The zero-order valence-corrected chi connectivity index (χ0v) is 15.8. The molecular formula is C24H20O2S. The van der Waals surface area contributed by atoms with Crippen LogP contribution < -0.4 is 4.74 Å². The first-order chi connectivity index (χ1) is 13.3. The highest BCUT2D eigenvalue weighted by atomic mass is 32.2. The largest absolute Gasteiger partial charge is 0.457 e. The molecule has 4 rings (SSSR count). The third kappa shape index (κ3) is 3.70. The fourth-order valence-electron chi connectivity index (χ4n) is 3.22. The first-order valence-corrected chi connectivity index (χ1v) is 10.1. The minimum Gasteiger partial charge on any atom is -0.457 e. The fraction of sp³-hybridized carbons (Fsp3) is 0.0833. The van der Waals surface area contributed by atoms with Crippen molar-refractivity contribution in [2.24, 2.45) is 0 Å². The standard InChI is InChI=1S/C24H20O2S/c1-27-23-13-7-5-11-21(23)24(25)20-10-4-6-12-22(20)26-19-15-14-17-8-2-3-9-18(17)16-19/h2-16,24-25H,1H3. The molecule has 3 heteroatoms. The van der Waals surface area contributed by atoms with Crippen LogP contribution in [0.2, 0.25) is 0 Å². The van der Waals surface area contributed by atoms with Crippen LogP contribution in [0.25, 0.3) is 10.8 Å². The maximum Gasteiger partial charge on any atom is 0.133 e. The Morgan fingerprint density at radius 2 is 1.41 bits per heavy atom. The van der Waals surface area contributed by atoms with E-state index in [-0.39, 0.29) is 0 Å². The molecule has 134 valence electrons. The van der Waals surface area contributed by atoms with Crippen molar-refractivity contribution in [3.05, 3.63) is 102 Å². The third-order valence-electron chi connectivity index (χ3n) is 4.60. The van der Waals surface area contributed by atoms with E-state index in [1.165, 1.54) is 5.39 Å². The van der Waals surface area contributed by atoms with Gasteiger partial charge >= 0.3 is 0 Å². The van der Waals surface area contributed by atoms with Gasteiger partial charge in [0.15, 0.2) is 0 Å². The number of benzene rings is 4. The van der Waals surface area contributed by atoms with Crippen molar-refractivity contribution >= 4 is 22.5 Å². The van der Waals surface area contributed by atoms with Crippen LogP contribution in [0.5, 0.6) is 11.5 Å². The minimum absolute atomic E-state index is 0.663. The fourth-order valence-corrected chi connectivity index (χ4v) is 3.85. The summed E-state index contributed by atoms with van der Waals surface area (Å²) in [4.78, 5) is 1.06. The smallest absolute Gasteiger partial charge is 0.133 e. The average Bonchev–Trinajstić information content (AvgIpc) is 2.73. The normalized spacial score (nSPS) is 12.1. The molecule has 0 aliphatic carbocycles. The molecule has 4 aromatic carbocycles. The molecule has 0 radical (unpaired) electrons.